The highest BCUT2D eigenvalue weighted by atomic mass is 32.2. The van der Waals surface area contributed by atoms with Crippen molar-refractivity contribution in [3.8, 4) is 5.75 Å². The van der Waals surface area contributed by atoms with Gasteiger partial charge in [-0.05, 0) is 45.2 Å². The van der Waals surface area contributed by atoms with E-state index in [0.29, 0.717) is 32.5 Å². The minimum atomic E-state index is -3.16. The van der Waals surface area contributed by atoms with Crippen molar-refractivity contribution < 1.29 is 17.9 Å². The van der Waals surface area contributed by atoms with Gasteiger partial charge in [0.05, 0.1) is 11.8 Å². The van der Waals surface area contributed by atoms with Crippen LogP contribution in [0.25, 0.3) is 0 Å². The van der Waals surface area contributed by atoms with Crippen LogP contribution in [-0.2, 0) is 14.8 Å². The van der Waals surface area contributed by atoms with Gasteiger partial charge in [-0.2, -0.15) is 0 Å². The molecule has 0 aliphatic carbocycles. The number of ether oxygens (including phenoxy) is 1. The van der Waals surface area contributed by atoms with Crippen molar-refractivity contribution in [2.75, 3.05) is 25.4 Å². The molecule has 1 fully saturated rings. The van der Waals surface area contributed by atoms with Crippen molar-refractivity contribution in [1.82, 2.24) is 9.62 Å². The molecule has 1 amide bonds. The lowest BCUT2D eigenvalue weighted by Gasteiger charge is -2.30. The summed E-state index contributed by atoms with van der Waals surface area (Å²) in [7, 11) is -3.16. The molecule has 1 N–H and O–H groups in total. The van der Waals surface area contributed by atoms with E-state index in [-0.39, 0.29) is 23.6 Å². The van der Waals surface area contributed by atoms with Gasteiger partial charge in [0.2, 0.25) is 15.9 Å². The normalized spacial score (nSPS) is 17.9. The SMILES string of the molecule is CCS(=O)(=O)N1CCC(C(=O)NC(C)COc2ccccc2C)CC1. The number of sulfonamides is 1. The van der Waals surface area contributed by atoms with E-state index in [2.05, 4.69) is 5.32 Å². The Balaban J connectivity index is 1.77. The number of aryl methyl sites for hydroxylation is 1. The maximum Gasteiger partial charge on any atom is 0.223 e. The topological polar surface area (TPSA) is 75.7 Å². The molecule has 0 radical (unpaired) electrons. The van der Waals surface area contributed by atoms with Gasteiger partial charge in [-0.3, -0.25) is 4.79 Å². The summed E-state index contributed by atoms with van der Waals surface area (Å²) in [5.41, 5.74) is 1.06. The van der Waals surface area contributed by atoms with Crippen LogP contribution in [0.3, 0.4) is 0 Å². The lowest BCUT2D eigenvalue weighted by molar-refractivity contribution is -0.126. The van der Waals surface area contributed by atoms with Gasteiger partial charge in [0.1, 0.15) is 12.4 Å². The summed E-state index contributed by atoms with van der Waals surface area (Å²) in [6, 6.07) is 7.66. The van der Waals surface area contributed by atoms with Crippen molar-refractivity contribution in [3.63, 3.8) is 0 Å². The number of rotatable bonds is 7. The number of nitrogens with zero attached hydrogens (tertiary/aromatic N) is 1. The van der Waals surface area contributed by atoms with Crippen molar-refractivity contribution in [1.29, 1.82) is 0 Å². The number of carbonyl (C=O) groups excluding carboxylic acids is 1. The molecule has 0 aromatic heterocycles. The van der Waals surface area contributed by atoms with E-state index < -0.39 is 10.0 Å². The smallest absolute Gasteiger partial charge is 0.223 e. The van der Waals surface area contributed by atoms with Gasteiger partial charge in [0.25, 0.3) is 0 Å². The number of nitrogens with one attached hydrogen (secondary N) is 1. The van der Waals surface area contributed by atoms with Crippen LogP contribution in [0.2, 0.25) is 0 Å². The van der Waals surface area contributed by atoms with Gasteiger partial charge in [0.15, 0.2) is 0 Å². The number of piperidine rings is 1. The van der Waals surface area contributed by atoms with Crippen molar-refractivity contribution >= 4 is 15.9 Å². The molecule has 25 heavy (non-hydrogen) atoms. The molecule has 1 aromatic rings. The van der Waals surface area contributed by atoms with Crippen LogP contribution in [-0.4, -0.2) is 50.1 Å². The average Bonchev–Trinajstić information content (AvgIpc) is 2.61. The first-order chi connectivity index (χ1) is 11.8. The minimum Gasteiger partial charge on any atom is -0.491 e. The third-order valence-electron chi connectivity index (χ3n) is 4.55. The van der Waals surface area contributed by atoms with Crippen LogP contribution < -0.4 is 10.1 Å². The lowest BCUT2D eigenvalue weighted by Crippen LogP contribution is -2.46. The zero-order valence-electron chi connectivity index (χ0n) is 15.2. The fourth-order valence-corrected chi connectivity index (χ4v) is 4.05. The molecule has 1 aromatic carbocycles. The predicted molar refractivity (Wildman–Crippen MR) is 98.0 cm³/mol. The first-order valence-corrected chi connectivity index (χ1v) is 10.4. The Hall–Kier alpha value is -1.60. The second kappa shape index (κ2) is 8.67. The fraction of sp³-hybridized carbons (Fsp3) is 0.611. The van der Waals surface area contributed by atoms with E-state index in [1.165, 1.54) is 4.31 Å². The Labute approximate surface area is 150 Å². The van der Waals surface area contributed by atoms with Crippen LogP contribution >= 0.6 is 0 Å². The second-order valence-electron chi connectivity index (χ2n) is 6.56. The van der Waals surface area contributed by atoms with E-state index in [0.717, 1.165) is 11.3 Å². The van der Waals surface area contributed by atoms with Crippen molar-refractivity contribution in [3.05, 3.63) is 29.8 Å². The summed E-state index contributed by atoms with van der Waals surface area (Å²) >= 11 is 0. The molecule has 1 atom stereocenters. The highest BCUT2D eigenvalue weighted by molar-refractivity contribution is 7.89. The summed E-state index contributed by atoms with van der Waals surface area (Å²) in [6.07, 6.45) is 1.13. The standard InChI is InChI=1S/C18H28N2O4S/c1-4-25(22,23)20-11-9-16(10-12-20)18(21)19-15(3)13-24-17-8-6-5-7-14(17)2/h5-8,15-16H,4,9-13H2,1-3H3,(H,19,21). The zero-order valence-corrected chi connectivity index (χ0v) is 16.0. The van der Waals surface area contributed by atoms with Gasteiger partial charge >= 0.3 is 0 Å². The Morgan fingerprint density at radius 1 is 1.32 bits per heavy atom. The second-order valence-corrected chi connectivity index (χ2v) is 8.82. The van der Waals surface area contributed by atoms with Crippen LogP contribution in [0, 0.1) is 12.8 Å². The quantitative estimate of drug-likeness (QED) is 0.798. The van der Waals surface area contributed by atoms with Gasteiger partial charge in [0, 0.05) is 19.0 Å². The predicted octanol–water partition coefficient (Wildman–Crippen LogP) is 1.94. The first kappa shape index (κ1) is 19.7. The molecule has 0 bridgehead atoms. The van der Waals surface area contributed by atoms with Gasteiger partial charge < -0.3 is 10.1 Å². The van der Waals surface area contributed by atoms with E-state index in [1.54, 1.807) is 6.92 Å². The molecule has 2 rings (SSSR count). The van der Waals surface area contributed by atoms with E-state index in [9.17, 15) is 13.2 Å². The van der Waals surface area contributed by atoms with Crippen molar-refractivity contribution in [2.45, 2.75) is 39.7 Å². The van der Waals surface area contributed by atoms with Crippen LogP contribution in [0.5, 0.6) is 5.75 Å². The molecule has 1 saturated heterocycles. The van der Waals surface area contributed by atoms with E-state index >= 15 is 0 Å². The molecular formula is C18H28N2O4S. The summed E-state index contributed by atoms with van der Waals surface area (Å²) in [5, 5.41) is 2.97. The molecule has 6 nitrogen and oxygen atoms in total. The molecule has 7 heteroatoms. The van der Waals surface area contributed by atoms with Crippen LogP contribution in [0.15, 0.2) is 24.3 Å². The first-order valence-electron chi connectivity index (χ1n) is 8.80. The number of carbonyl (C=O) groups is 1. The largest absolute Gasteiger partial charge is 0.491 e. The molecule has 1 aliphatic rings. The molecule has 0 spiro atoms. The molecule has 1 aliphatic heterocycles. The third kappa shape index (κ3) is 5.44. The van der Waals surface area contributed by atoms with Gasteiger partial charge in [-0.25, -0.2) is 12.7 Å². The lowest BCUT2D eigenvalue weighted by atomic mass is 9.97. The Bertz CT molecular complexity index is 682. The number of amides is 1. The number of para-hydroxylation sites is 1. The van der Waals surface area contributed by atoms with Crippen LogP contribution in [0.4, 0.5) is 0 Å². The third-order valence-corrected chi connectivity index (χ3v) is 6.44. The van der Waals surface area contributed by atoms with E-state index in [1.807, 2.05) is 38.1 Å². The maximum absolute atomic E-state index is 12.4. The number of benzene rings is 1. The molecule has 0 saturated carbocycles. The summed E-state index contributed by atoms with van der Waals surface area (Å²) in [6.45, 7) is 6.78. The highest BCUT2D eigenvalue weighted by Crippen LogP contribution is 2.20. The fourth-order valence-electron chi connectivity index (χ4n) is 2.91. The Morgan fingerprint density at radius 3 is 2.56 bits per heavy atom. The molecular weight excluding hydrogens is 340 g/mol. The maximum atomic E-state index is 12.4. The number of hydrogen-bond donors (Lipinski definition) is 1. The minimum absolute atomic E-state index is 0.0190. The van der Waals surface area contributed by atoms with Crippen molar-refractivity contribution in [2.24, 2.45) is 5.92 Å². The van der Waals surface area contributed by atoms with Gasteiger partial charge in [-0.15, -0.1) is 0 Å². The van der Waals surface area contributed by atoms with Gasteiger partial charge in [-0.1, -0.05) is 18.2 Å². The Morgan fingerprint density at radius 2 is 1.96 bits per heavy atom. The summed E-state index contributed by atoms with van der Waals surface area (Å²) in [4.78, 5) is 12.4. The molecule has 1 heterocycles. The van der Waals surface area contributed by atoms with Crippen LogP contribution in [0.1, 0.15) is 32.3 Å². The Kier molecular flexibility index (Phi) is 6.84. The monoisotopic (exact) mass is 368 g/mol. The summed E-state index contributed by atoms with van der Waals surface area (Å²) in [5.74, 6) is 0.775. The highest BCUT2D eigenvalue weighted by Gasteiger charge is 2.30. The summed E-state index contributed by atoms with van der Waals surface area (Å²) < 4.78 is 31.0. The average molecular weight is 368 g/mol. The molecule has 1 unspecified atom stereocenters. The zero-order chi connectivity index (χ0) is 18.4. The molecule has 140 valence electrons. The number of hydrogen-bond acceptors (Lipinski definition) is 4. The van der Waals surface area contributed by atoms with E-state index in [4.69, 9.17) is 4.74 Å².